The first-order valence-corrected chi connectivity index (χ1v) is 14.1. The van der Waals surface area contributed by atoms with Crippen LogP contribution in [0.1, 0.15) is 12.5 Å². The molecule has 0 fully saturated rings. The SMILES string of the molecule is CCN1C(=CC=CC=C(N=C(B(c2ccccc2)c2ccccc2)c2ccccc2)C(=O)O)Sc2ccccc21. The highest BCUT2D eigenvalue weighted by Crippen LogP contribution is 2.45. The summed E-state index contributed by atoms with van der Waals surface area (Å²) in [5.41, 5.74) is 4.80. The van der Waals surface area contributed by atoms with Gasteiger partial charge in [0.25, 0.3) is 6.71 Å². The van der Waals surface area contributed by atoms with Crippen molar-refractivity contribution in [3.05, 3.63) is 156 Å². The van der Waals surface area contributed by atoms with Gasteiger partial charge in [-0.1, -0.05) is 138 Å². The van der Waals surface area contributed by atoms with E-state index in [-0.39, 0.29) is 12.4 Å². The molecule has 0 unspecified atom stereocenters. The molecule has 0 aliphatic carbocycles. The number of rotatable bonds is 9. The van der Waals surface area contributed by atoms with E-state index in [1.54, 1.807) is 23.9 Å². The van der Waals surface area contributed by atoms with Gasteiger partial charge in [0.05, 0.1) is 10.7 Å². The highest BCUT2D eigenvalue weighted by molar-refractivity contribution is 8.03. The molecule has 0 spiro atoms. The Morgan fingerprint density at radius 2 is 1.40 bits per heavy atom. The van der Waals surface area contributed by atoms with Crippen LogP contribution >= 0.6 is 11.8 Å². The maximum Gasteiger partial charge on any atom is 0.354 e. The molecule has 1 heterocycles. The lowest BCUT2D eigenvalue weighted by Crippen LogP contribution is -2.49. The molecule has 4 aromatic rings. The molecule has 0 amide bonds. The van der Waals surface area contributed by atoms with Crippen LogP contribution in [0.3, 0.4) is 0 Å². The normalized spacial score (nSPS) is 14.5. The van der Waals surface area contributed by atoms with Crippen molar-refractivity contribution in [2.24, 2.45) is 4.99 Å². The Bertz CT molecular complexity index is 1540. The minimum atomic E-state index is -1.08. The van der Waals surface area contributed by atoms with E-state index >= 15 is 0 Å². The van der Waals surface area contributed by atoms with Crippen LogP contribution in [0, 0.1) is 0 Å². The highest BCUT2D eigenvalue weighted by Gasteiger charge is 2.28. The zero-order valence-electron chi connectivity index (χ0n) is 22.2. The van der Waals surface area contributed by atoms with E-state index in [0.29, 0.717) is 5.61 Å². The Hall–Kier alpha value is -4.55. The number of aliphatic imine (C=N–C) groups is 1. The topological polar surface area (TPSA) is 52.9 Å². The molecular weight excluding hydrogens is 511 g/mol. The fourth-order valence-corrected chi connectivity index (χ4v) is 5.92. The third kappa shape index (κ3) is 6.19. The Morgan fingerprint density at radius 1 is 0.825 bits per heavy atom. The van der Waals surface area contributed by atoms with Crippen LogP contribution in [0.4, 0.5) is 5.69 Å². The van der Waals surface area contributed by atoms with Gasteiger partial charge in [-0.05, 0) is 36.8 Å². The van der Waals surface area contributed by atoms with Crippen molar-refractivity contribution in [1.82, 2.24) is 0 Å². The van der Waals surface area contributed by atoms with Gasteiger partial charge in [-0.15, -0.1) is 0 Å². The number of nitrogens with zero attached hydrogens (tertiary/aromatic N) is 2. The van der Waals surface area contributed by atoms with E-state index in [2.05, 4.69) is 48.2 Å². The van der Waals surface area contributed by atoms with Gasteiger partial charge in [-0.25, -0.2) is 4.79 Å². The summed E-state index contributed by atoms with van der Waals surface area (Å²) >= 11 is 1.71. The first kappa shape index (κ1) is 27.0. The third-order valence-corrected chi connectivity index (χ3v) is 7.76. The quantitative estimate of drug-likeness (QED) is 0.117. The average Bonchev–Trinajstić information content (AvgIpc) is 3.36. The zero-order chi connectivity index (χ0) is 27.7. The number of carboxylic acids is 1. The van der Waals surface area contributed by atoms with Gasteiger partial charge in [0.1, 0.15) is 5.70 Å². The zero-order valence-corrected chi connectivity index (χ0v) is 23.0. The number of allylic oxidation sites excluding steroid dienone is 4. The summed E-state index contributed by atoms with van der Waals surface area (Å²) in [5.74, 6) is -1.08. The lowest BCUT2D eigenvalue weighted by Gasteiger charge is -2.18. The summed E-state index contributed by atoms with van der Waals surface area (Å²) in [6.45, 7) is 2.73. The standard InChI is InChI=1S/C34H29BN2O2S/c1-2-37-30-23-13-14-24-31(30)40-32(37)25-15-12-22-29(34(38)39)36-33(26-16-6-3-7-17-26)35(27-18-8-4-9-19-27)28-20-10-5-11-21-28/h3-25H,2H2,1H3,(H,38,39). The summed E-state index contributed by atoms with van der Waals surface area (Å²) in [7, 11) is 0. The number of carboxylic acid groups (broad SMARTS) is 1. The highest BCUT2D eigenvalue weighted by atomic mass is 32.2. The first-order chi connectivity index (χ1) is 19.7. The molecule has 1 N–H and O–H groups in total. The van der Waals surface area contributed by atoms with Crippen molar-refractivity contribution in [3.63, 3.8) is 0 Å². The predicted molar refractivity (Wildman–Crippen MR) is 169 cm³/mol. The minimum Gasteiger partial charge on any atom is -0.477 e. The lowest BCUT2D eigenvalue weighted by molar-refractivity contribution is -0.132. The molecule has 4 aromatic carbocycles. The smallest absolute Gasteiger partial charge is 0.354 e. The minimum absolute atomic E-state index is 0.0277. The number of carbonyl (C=O) groups is 1. The molecule has 196 valence electrons. The summed E-state index contributed by atoms with van der Waals surface area (Å²) in [5, 5.41) is 11.3. The Balaban J connectivity index is 1.54. The van der Waals surface area contributed by atoms with Crippen molar-refractivity contribution in [2.75, 3.05) is 11.4 Å². The molecular formula is C34H29BN2O2S. The fraction of sp³-hybridized carbons (Fsp3) is 0.0588. The van der Waals surface area contributed by atoms with Crippen LogP contribution in [0.5, 0.6) is 0 Å². The van der Waals surface area contributed by atoms with Gasteiger partial charge in [-0.3, -0.25) is 4.99 Å². The third-order valence-electron chi connectivity index (χ3n) is 6.63. The van der Waals surface area contributed by atoms with Crippen LogP contribution in [0.25, 0.3) is 0 Å². The van der Waals surface area contributed by atoms with Gasteiger partial charge >= 0.3 is 5.97 Å². The number of benzene rings is 4. The molecule has 5 rings (SSSR count). The maximum absolute atomic E-state index is 12.4. The first-order valence-electron chi connectivity index (χ1n) is 13.3. The van der Waals surface area contributed by atoms with Crippen molar-refractivity contribution in [1.29, 1.82) is 0 Å². The molecule has 40 heavy (non-hydrogen) atoms. The van der Waals surface area contributed by atoms with Crippen LogP contribution < -0.4 is 15.8 Å². The number of anilines is 1. The number of aliphatic carboxylic acids is 1. The van der Waals surface area contributed by atoms with E-state index in [9.17, 15) is 9.90 Å². The molecule has 1 aliphatic heterocycles. The van der Waals surface area contributed by atoms with E-state index in [4.69, 9.17) is 4.99 Å². The molecule has 1 aliphatic rings. The number of fused-ring (bicyclic) bond motifs is 1. The van der Waals surface area contributed by atoms with Gasteiger partial charge in [-0.2, -0.15) is 0 Å². The molecule has 6 heteroatoms. The molecule has 0 radical (unpaired) electrons. The number of para-hydroxylation sites is 1. The van der Waals surface area contributed by atoms with E-state index < -0.39 is 5.97 Å². The Morgan fingerprint density at radius 3 is 2.00 bits per heavy atom. The van der Waals surface area contributed by atoms with Crippen LogP contribution in [-0.2, 0) is 4.79 Å². The number of thioether (sulfide) groups is 1. The summed E-state index contributed by atoms with van der Waals surface area (Å²) in [6.07, 6.45) is 7.21. The van der Waals surface area contributed by atoms with Gasteiger partial charge < -0.3 is 10.0 Å². The van der Waals surface area contributed by atoms with Gasteiger partial charge in [0, 0.05) is 17.1 Å². The maximum atomic E-state index is 12.4. The lowest BCUT2D eigenvalue weighted by atomic mass is 9.36. The van der Waals surface area contributed by atoms with Gasteiger partial charge in [0.2, 0.25) is 0 Å². The van der Waals surface area contributed by atoms with Crippen molar-refractivity contribution < 1.29 is 9.90 Å². The van der Waals surface area contributed by atoms with Crippen molar-refractivity contribution in [3.8, 4) is 0 Å². The predicted octanol–water partition coefficient (Wildman–Crippen LogP) is 6.32. The van der Waals surface area contributed by atoms with Crippen LogP contribution in [0.15, 0.2) is 160 Å². The Labute approximate surface area is 240 Å². The monoisotopic (exact) mass is 540 g/mol. The van der Waals surface area contributed by atoms with Crippen molar-refractivity contribution >= 4 is 46.7 Å². The fourth-order valence-electron chi connectivity index (χ4n) is 4.78. The van der Waals surface area contributed by atoms with Gasteiger partial charge in [0.15, 0.2) is 0 Å². The van der Waals surface area contributed by atoms with Crippen LogP contribution in [0.2, 0.25) is 0 Å². The number of hydrogen-bond acceptors (Lipinski definition) is 4. The van der Waals surface area contributed by atoms with Crippen molar-refractivity contribution in [2.45, 2.75) is 11.8 Å². The van der Waals surface area contributed by atoms with Crippen LogP contribution in [-0.4, -0.2) is 29.9 Å². The number of hydrogen-bond donors (Lipinski definition) is 1. The largest absolute Gasteiger partial charge is 0.477 e. The molecule has 0 aromatic heterocycles. The molecule has 0 saturated carbocycles. The summed E-state index contributed by atoms with van der Waals surface area (Å²) < 4.78 is 0. The summed E-state index contributed by atoms with van der Waals surface area (Å²) in [4.78, 5) is 20.7. The second kappa shape index (κ2) is 13.0. The average molecular weight is 540 g/mol. The molecule has 0 bridgehead atoms. The molecule has 0 atom stereocenters. The van der Waals surface area contributed by atoms with E-state index in [1.165, 1.54) is 10.6 Å². The molecule has 0 saturated heterocycles. The summed E-state index contributed by atoms with van der Waals surface area (Å²) in [6, 6.07) is 38.3. The second-order valence-corrected chi connectivity index (χ2v) is 10.2. The van der Waals surface area contributed by atoms with E-state index in [1.807, 2.05) is 91.0 Å². The second-order valence-electron chi connectivity index (χ2n) is 9.18. The van der Waals surface area contributed by atoms with E-state index in [0.717, 1.165) is 28.1 Å². The Kier molecular flexibility index (Phi) is 8.79. The molecule has 4 nitrogen and oxygen atoms in total.